The number of aryl methyl sites for hydroxylation is 1. The molecule has 3 rings (SSSR count). The van der Waals surface area contributed by atoms with Gasteiger partial charge in [0.1, 0.15) is 0 Å². The third kappa shape index (κ3) is 4.43. The van der Waals surface area contributed by atoms with Crippen LogP contribution in [0.4, 0.5) is 5.69 Å². The number of aromatic nitrogens is 1. The quantitative estimate of drug-likeness (QED) is 0.675. The molecule has 0 fully saturated rings. The zero-order chi connectivity index (χ0) is 16.1. The molecule has 0 saturated heterocycles. The van der Waals surface area contributed by atoms with Gasteiger partial charge in [-0.25, -0.2) is 4.98 Å². The smallest absolute Gasteiger partial charge is 0.234 e. The number of carbonyl (C=O) groups is 1. The van der Waals surface area contributed by atoms with Crippen LogP contribution in [-0.4, -0.2) is 16.6 Å². The second-order valence-corrected chi connectivity index (χ2v) is 7.09. The Morgan fingerprint density at radius 2 is 2.00 bits per heavy atom. The van der Waals surface area contributed by atoms with Crippen LogP contribution in [-0.2, 0) is 4.79 Å². The lowest BCUT2D eigenvalue weighted by atomic mass is 10.1. The number of nitrogens with zero attached hydrogens (tertiary/aromatic N) is 1. The average molecular weight is 340 g/mol. The van der Waals surface area contributed by atoms with Crippen molar-refractivity contribution in [2.75, 3.05) is 11.1 Å². The summed E-state index contributed by atoms with van der Waals surface area (Å²) >= 11 is 3.15. The first-order valence-corrected chi connectivity index (χ1v) is 9.07. The van der Waals surface area contributed by atoms with Crippen LogP contribution in [0.2, 0.25) is 0 Å². The van der Waals surface area contributed by atoms with Gasteiger partial charge in [0.15, 0.2) is 0 Å². The molecule has 5 heteroatoms. The van der Waals surface area contributed by atoms with E-state index in [1.165, 1.54) is 11.8 Å². The van der Waals surface area contributed by atoms with Gasteiger partial charge in [-0.05, 0) is 31.2 Å². The van der Waals surface area contributed by atoms with Crippen molar-refractivity contribution in [3.8, 4) is 11.3 Å². The van der Waals surface area contributed by atoms with Crippen molar-refractivity contribution in [1.29, 1.82) is 0 Å². The molecule has 2 aromatic carbocycles. The van der Waals surface area contributed by atoms with Gasteiger partial charge in [-0.15, -0.1) is 23.1 Å². The number of anilines is 1. The van der Waals surface area contributed by atoms with Crippen molar-refractivity contribution >= 4 is 34.7 Å². The zero-order valence-corrected chi connectivity index (χ0v) is 14.3. The average Bonchev–Trinajstić information content (AvgIpc) is 3.01. The van der Waals surface area contributed by atoms with Crippen molar-refractivity contribution in [1.82, 2.24) is 4.98 Å². The SMILES string of the molecule is Cc1nc(-c2cccc(NC(=O)CSc3ccccc3)c2)cs1. The van der Waals surface area contributed by atoms with E-state index in [1.54, 1.807) is 11.3 Å². The largest absolute Gasteiger partial charge is 0.325 e. The molecule has 23 heavy (non-hydrogen) atoms. The fourth-order valence-corrected chi connectivity index (χ4v) is 3.46. The van der Waals surface area contributed by atoms with Crippen LogP contribution in [0, 0.1) is 6.92 Å². The first kappa shape index (κ1) is 15.8. The highest BCUT2D eigenvalue weighted by atomic mass is 32.2. The van der Waals surface area contributed by atoms with Crippen LogP contribution >= 0.6 is 23.1 Å². The third-order valence-corrected chi connectivity index (χ3v) is 4.96. The Balaban J connectivity index is 1.62. The highest BCUT2D eigenvalue weighted by Gasteiger charge is 2.06. The van der Waals surface area contributed by atoms with E-state index < -0.39 is 0 Å². The molecule has 0 bridgehead atoms. The van der Waals surface area contributed by atoms with Gasteiger partial charge in [0.25, 0.3) is 0 Å². The molecule has 1 aromatic heterocycles. The molecule has 0 aliphatic rings. The molecule has 0 saturated carbocycles. The molecule has 0 aliphatic carbocycles. The fourth-order valence-electron chi connectivity index (χ4n) is 2.11. The topological polar surface area (TPSA) is 42.0 Å². The summed E-state index contributed by atoms with van der Waals surface area (Å²) in [5.74, 6) is 0.384. The first-order chi connectivity index (χ1) is 11.2. The number of thioether (sulfide) groups is 1. The van der Waals surface area contributed by atoms with Crippen molar-refractivity contribution < 1.29 is 4.79 Å². The summed E-state index contributed by atoms with van der Waals surface area (Å²) in [7, 11) is 0. The normalized spacial score (nSPS) is 10.5. The van der Waals surface area contributed by atoms with Crippen molar-refractivity contribution in [3.63, 3.8) is 0 Å². The molecule has 1 amide bonds. The number of amides is 1. The van der Waals surface area contributed by atoms with E-state index in [0.717, 1.165) is 26.8 Å². The summed E-state index contributed by atoms with van der Waals surface area (Å²) in [4.78, 5) is 17.7. The Morgan fingerprint density at radius 1 is 1.17 bits per heavy atom. The molecule has 0 spiro atoms. The van der Waals surface area contributed by atoms with Crippen LogP contribution in [0.1, 0.15) is 5.01 Å². The number of hydrogen-bond acceptors (Lipinski definition) is 4. The minimum Gasteiger partial charge on any atom is -0.325 e. The number of rotatable bonds is 5. The van der Waals surface area contributed by atoms with E-state index in [2.05, 4.69) is 10.3 Å². The Hall–Kier alpha value is -2.11. The number of thiazole rings is 1. The van der Waals surface area contributed by atoms with Gasteiger partial charge < -0.3 is 5.32 Å². The van der Waals surface area contributed by atoms with Crippen LogP contribution in [0.25, 0.3) is 11.3 Å². The van der Waals surface area contributed by atoms with Gasteiger partial charge in [-0.2, -0.15) is 0 Å². The molecule has 116 valence electrons. The maximum atomic E-state index is 12.1. The van der Waals surface area contributed by atoms with Crippen LogP contribution in [0.5, 0.6) is 0 Å². The molecule has 1 heterocycles. The van der Waals surface area contributed by atoms with Crippen LogP contribution in [0.3, 0.4) is 0 Å². The number of carbonyl (C=O) groups excluding carboxylic acids is 1. The monoisotopic (exact) mass is 340 g/mol. The summed E-state index contributed by atoms with van der Waals surface area (Å²) in [5.41, 5.74) is 2.76. The summed E-state index contributed by atoms with van der Waals surface area (Å²) < 4.78 is 0. The summed E-state index contributed by atoms with van der Waals surface area (Å²) in [5, 5.41) is 6.01. The van der Waals surface area contributed by atoms with Crippen molar-refractivity contribution in [2.24, 2.45) is 0 Å². The van der Waals surface area contributed by atoms with Gasteiger partial charge in [0, 0.05) is 21.5 Å². The van der Waals surface area contributed by atoms with Gasteiger partial charge in [0.2, 0.25) is 5.91 Å². The molecule has 3 nitrogen and oxygen atoms in total. The molecule has 0 unspecified atom stereocenters. The number of benzene rings is 2. The zero-order valence-electron chi connectivity index (χ0n) is 12.7. The van der Waals surface area contributed by atoms with Gasteiger partial charge in [-0.3, -0.25) is 4.79 Å². The van der Waals surface area contributed by atoms with Crippen molar-refractivity contribution in [3.05, 3.63) is 65.0 Å². The lowest BCUT2D eigenvalue weighted by Crippen LogP contribution is -2.13. The maximum Gasteiger partial charge on any atom is 0.234 e. The maximum absolute atomic E-state index is 12.1. The summed E-state index contributed by atoms with van der Waals surface area (Å²) in [6, 6.07) is 17.7. The molecule has 0 radical (unpaired) electrons. The van der Waals surface area contributed by atoms with Gasteiger partial charge >= 0.3 is 0 Å². The molecular weight excluding hydrogens is 324 g/mol. The van der Waals surface area contributed by atoms with E-state index in [0.29, 0.717) is 5.75 Å². The Kier molecular flexibility index (Phi) is 5.10. The Labute approximate surface area is 143 Å². The van der Waals surface area contributed by atoms with Crippen molar-refractivity contribution in [2.45, 2.75) is 11.8 Å². The van der Waals surface area contributed by atoms with E-state index in [1.807, 2.05) is 66.9 Å². The van der Waals surface area contributed by atoms with E-state index >= 15 is 0 Å². The summed E-state index contributed by atoms with van der Waals surface area (Å²) in [6.45, 7) is 1.99. The van der Waals surface area contributed by atoms with E-state index in [-0.39, 0.29) is 5.91 Å². The number of nitrogens with one attached hydrogen (secondary N) is 1. The standard InChI is InChI=1S/C18H16N2OS2/c1-13-19-17(11-22-13)14-6-5-7-15(10-14)20-18(21)12-23-16-8-3-2-4-9-16/h2-11H,12H2,1H3,(H,20,21). The van der Waals surface area contributed by atoms with E-state index in [9.17, 15) is 4.79 Å². The second-order valence-electron chi connectivity index (χ2n) is 4.98. The van der Waals surface area contributed by atoms with Gasteiger partial charge in [-0.1, -0.05) is 30.3 Å². The van der Waals surface area contributed by atoms with E-state index in [4.69, 9.17) is 0 Å². The lowest BCUT2D eigenvalue weighted by molar-refractivity contribution is -0.113. The highest BCUT2D eigenvalue weighted by molar-refractivity contribution is 8.00. The minimum atomic E-state index is -0.00883. The molecule has 0 atom stereocenters. The predicted octanol–water partition coefficient (Wildman–Crippen LogP) is 4.85. The van der Waals surface area contributed by atoms with Crippen LogP contribution < -0.4 is 5.32 Å². The predicted molar refractivity (Wildman–Crippen MR) is 98.1 cm³/mol. The molecule has 3 aromatic rings. The molecule has 1 N–H and O–H groups in total. The summed E-state index contributed by atoms with van der Waals surface area (Å²) in [6.07, 6.45) is 0. The first-order valence-electron chi connectivity index (χ1n) is 7.21. The lowest BCUT2D eigenvalue weighted by Gasteiger charge is -2.06. The third-order valence-electron chi connectivity index (χ3n) is 3.17. The minimum absolute atomic E-state index is 0.00883. The van der Waals surface area contributed by atoms with Crippen LogP contribution in [0.15, 0.2) is 64.9 Å². The number of hydrogen-bond donors (Lipinski definition) is 1. The fraction of sp³-hybridized carbons (Fsp3) is 0.111. The highest BCUT2D eigenvalue weighted by Crippen LogP contribution is 2.24. The molecule has 0 aliphatic heterocycles. The Morgan fingerprint density at radius 3 is 2.74 bits per heavy atom. The molecular formula is C18H16N2OS2. The Bertz CT molecular complexity index is 800. The second kappa shape index (κ2) is 7.44. The van der Waals surface area contributed by atoms with Gasteiger partial charge in [0.05, 0.1) is 16.5 Å².